The molecule has 0 saturated carbocycles. The number of hydrogen-bond acceptors (Lipinski definition) is 6. The molecule has 0 aliphatic carbocycles. The minimum Gasteiger partial charge on any atom is -0.617 e. The van der Waals surface area contributed by atoms with Gasteiger partial charge in [0, 0.05) is 45.1 Å². The van der Waals surface area contributed by atoms with Crippen LogP contribution in [-0.2, 0) is 30.6 Å². The SMILES string of the molecule is CCc1cnc(N2CCC(CCCOc3ccc4c(c3)CCN(CC[S+](C)[O-])C4)CC2)nc1. The fourth-order valence-corrected chi connectivity index (χ4v) is 5.32. The molecule has 0 spiro atoms. The molecule has 180 valence electrons. The Morgan fingerprint density at radius 3 is 2.64 bits per heavy atom. The summed E-state index contributed by atoms with van der Waals surface area (Å²) in [6.45, 7) is 7.93. The van der Waals surface area contributed by atoms with Crippen molar-refractivity contribution in [1.82, 2.24) is 14.9 Å². The summed E-state index contributed by atoms with van der Waals surface area (Å²) >= 11 is -0.717. The van der Waals surface area contributed by atoms with Crippen molar-refractivity contribution in [2.75, 3.05) is 49.7 Å². The van der Waals surface area contributed by atoms with E-state index in [1.165, 1.54) is 36.0 Å². The molecule has 1 atom stereocenters. The third-order valence-corrected chi connectivity index (χ3v) is 7.74. The van der Waals surface area contributed by atoms with Gasteiger partial charge in [0.2, 0.25) is 5.95 Å². The van der Waals surface area contributed by atoms with Gasteiger partial charge in [-0.25, -0.2) is 9.97 Å². The predicted octanol–water partition coefficient (Wildman–Crippen LogP) is 3.85. The fraction of sp³-hybridized carbons (Fsp3) is 0.615. The van der Waals surface area contributed by atoms with Crippen LogP contribution >= 0.6 is 0 Å². The topological polar surface area (TPSA) is 64.5 Å². The van der Waals surface area contributed by atoms with E-state index in [9.17, 15) is 4.55 Å². The van der Waals surface area contributed by atoms with Gasteiger partial charge < -0.3 is 14.2 Å². The van der Waals surface area contributed by atoms with Crippen LogP contribution in [0, 0.1) is 5.92 Å². The van der Waals surface area contributed by atoms with Crippen molar-refractivity contribution in [3.63, 3.8) is 0 Å². The largest absolute Gasteiger partial charge is 0.617 e. The summed E-state index contributed by atoms with van der Waals surface area (Å²) in [4.78, 5) is 13.8. The number of aromatic nitrogens is 2. The Bertz CT molecular complexity index is 869. The number of anilines is 1. The van der Waals surface area contributed by atoms with Gasteiger partial charge in [-0.15, -0.1) is 0 Å². The lowest BCUT2D eigenvalue weighted by Crippen LogP contribution is -2.35. The highest BCUT2D eigenvalue weighted by Crippen LogP contribution is 2.26. The third kappa shape index (κ3) is 7.08. The Morgan fingerprint density at radius 1 is 1.12 bits per heavy atom. The first kappa shape index (κ1) is 24.3. The summed E-state index contributed by atoms with van der Waals surface area (Å²) in [5.74, 6) is 3.41. The van der Waals surface area contributed by atoms with E-state index in [1.54, 1.807) is 6.26 Å². The van der Waals surface area contributed by atoms with Crippen molar-refractivity contribution in [3.8, 4) is 5.75 Å². The van der Waals surface area contributed by atoms with Gasteiger partial charge in [-0.2, -0.15) is 0 Å². The number of benzene rings is 1. The van der Waals surface area contributed by atoms with E-state index in [4.69, 9.17) is 4.74 Å². The number of fused-ring (bicyclic) bond motifs is 1. The lowest BCUT2D eigenvalue weighted by atomic mass is 9.92. The average Bonchev–Trinajstić information content (AvgIpc) is 2.85. The van der Waals surface area contributed by atoms with Crippen molar-refractivity contribution in [1.29, 1.82) is 0 Å². The van der Waals surface area contributed by atoms with Gasteiger partial charge >= 0.3 is 0 Å². The maximum Gasteiger partial charge on any atom is 0.225 e. The first-order valence-electron chi connectivity index (χ1n) is 12.4. The zero-order valence-electron chi connectivity index (χ0n) is 20.2. The van der Waals surface area contributed by atoms with E-state index in [2.05, 4.69) is 44.9 Å². The van der Waals surface area contributed by atoms with E-state index in [0.717, 1.165) is 82.0 Å². The van der Waals surface area contributed by atoms with Crippen molar-refractivity contribution >= 4 is 17.1 Å². The quantitative estimate of drug-likeness (QED) is 0.388. The summed E-state index contributed by atoms with van der Waals surface area (Å²) in [6.07, 6.45) is 12.5. The molecule has 4 rings (SSSR count). The summed E-state index contributed by atoms with van der Waals surface area (Å²) in [5.41, 5.74) is 3.98. The standard InChI is InChI=1S/C26H38N4O2S/c1-3-21-18-27-26(28-19-21)30-12-8-22(9-13-30)5-4-15-32-25-7-6-24-20-29(14-16-33(2)31)11-10-23(24)17-25/h6-7,17-19,22H,3-5,8-16,20H2,1-2H3. The molecule has 6 nitrogen and oxygen atoms in total. The Labute approximate surface area is 201 Å². The van der Waals surface area contributed by atoms with Crippen LogP contribution in [-0.4, -0.2) is 64.2 Å². The monoisotopic (exact) mass is 470 g/mol. The highest BCUT2D eigenvalue weighted by Gasteiger charge is 2.21. The Morgan fingerprint density at radius 2 is 1.91 bits per heavy atom. The molecule has 1 fully saturated rings. The minimum atomic E-state index is -0.717. The van der Waals surface area contributed by atoms with Crippen molar-refractivity contribution < 1.29 is 9.29 Å². The number of piperidine rings is 1. The van der Waals surface area contributed by atoms with Gasteiger partial charge in [0.05, 0.1) is 12.9 Å². The average molecular weight is 471 g/mol. The molecule has 2 aromatic rings. The van der Waals surface area contributed by atoms with Crippen LogP contribution in [0.5, 0.6) is 5.75 Å². The van der Waals surface area contributed by atoms with Crippen LogP contribution in [0.1, 0.15) is 49.3 Å². The van der Waals surface area contributed by atoms with Crippen LogP contribution in [0.25, 0.3) is 0 Å². The molecule has 1 aromatic heterocycles. The predicted molar refractivity (Wildman–Crippen MR) is 135 cm³/mol. The molecular weight excluding hydrogens is 432 g/mol. The smallest absolute Gasteiger partial charge is 0.225 e. The van der Waals surface area contributed by atoms with E-state index < -0.39 is 11.2 Å². The molecule has 7 heteroatoms. The molecule has 1 unspecified atom stereocenters. The summed E-state index contributed by atoms with van der Waals surface area (Å²) in [5, 5.41) is 0. The van der Waals surface area contributed by atoms with E-state index >= 15 is 0 Å². The number of aryl methyl sites for hydroxylation is 1. The van der Waals surface area contributed by atoms with Gasteiger partial charge in [0.25, 0.3) is 0 Å². The second-order valence-electron chi connectivity index (χ2n) is 9.40. The Kier molecular flexibility index (Phi) is 8.87. The maximum absolute atomic E-state index is 11.4. The zero-order valence-corrected chi connectivity index (χ0v) is 21.0. The van der Waals surface area contributed by atoms with Crippen molar-refractivity contribution in [2.24, 2.45) is 5.92 Å². The Hall–Kier alpha value is -1.83. The summed E-state index contributed by atoms with van der Waals surface area (Å²) in [7, 11) is 0. The highest BCUT2D eigenvalue weighted by atomic mass is 32.2. The molecule has 33 heavy (non-hydrogen) atoms. The number of rotatable bonds is 10. The number of nitrogens with zero attached hydrogens (tertiary/aromatic N) is 4. The summed E-state index contributed by atoms with van der Waals surface area (Å²) in [6, 6.07) is 6.56. The first-order valence-corrected chi connectivity index (χ1v) is 14.2. The molecule has 0 N–H and O–H groups in total. The van der Waals surface area contributed by atoms with Crippen LogP contribution in [0.2, 0.25) is 0 Å². The van der Waals surface area contributed by atoms with Crippen LogP contribution in [0.4, 0.5) is 5.95 Å². The Balaban J connectivity index is 1.14. The van der Waals surface area contributed by atoms with Gasteiger partial charge in [-0.3, -0.25) is 4.90 Å². The van der Waals surface area contributed by atoms with E-state index in [1.807, 2.05) is 12.4 Å². The molecule has 2 aliphatic heterocycles. The van der Waals surface area contributed by atoms with Crippen LogP contribution < -0.4 is 9.64 Å². The van der Waals surface area contributed by atoms with E-state index in [0.29, 0.717) is 0 Å². The number of ether oxygens (including phenoxy) is 1. The van der Waals surface area contributed by atoms with Gasteiger partial charge in [-0.1, -0.05) is 24.2 Å². The zero-order chi connectivity index (χ0) is 23.0. The minimum absolute atomic E-state index is 0.717. The van der Waals surface area contributed by atoms with Crippen molar-refractivity contribution in [2.45, 2.75) is 52.0 Å². The second kappa shape index (κ2) is 12.0. The van der Waals surface area contributed by atoms with Crippen LogP contribution in [0.3, 0.4) is 0 Å². The maximum atomic E-state index is 11.4. The molecule has 0 radical (unpaired) electrons. The van der Waals surface area contributed by atoms with Gasteiger partial charge in [-0.05, 0) is 73.3 Å². The van der Waals surface area contributed by atoms with Crippen molar-refractivity contribution in [3.05, 3.63) is 47.3 Å². The molecule has 0 bridgehead atoms. The van der Waals surface area contributed by atoms with Gasteiger partial charge in [0.15, 0.2) is 0 Å². The fourth-order valence-electron chi connectivity index (χ4n) is 4.80. The van der Waals surface area contributed by atoms with Gasteiger partial charge in [0.1, 0.15) is 11.5 Å². The van der Waals surface area contributed by atoms with E-state index in [-0.39, 0.29) is 0 Å². The second-order valence-corrected chi connectivity index (χ2v) is 11.0. The van der Waals surface area contributed by atoms with Crippen LogP contribution in [0.15, 0.2) is 30.6 Å². The third-order valence-electron chi connectivity index (χ3n) is 6.99. The lowest BCUT2D eigenvalue weighted by Gasteiger charge is -2.32. The number of hydrogen-bond donors (Lipinski definition) is 0. The molecule has 1 aromatic carbocycles. The lowest BCUT2D eigenvalue weighted by molar-refractivity contribution is 0.265. The summed E-state index contributed by atoms with van der Waals surface area (Å²) < 4.78 is 17.5. The molecular formula is C26H38N4O2S. The molecule has 1 saturated heterocycles. The molecule has 2 aliphatic rings. The normalized spacial score (nSPS) is 18.2. The molecule has 0 amide bonds. The first-order chi connectivity index (χ1) is 16.1. The molecule has 3 heterocycles. The highest BCUT2D eigenvalue weighted by molar-refractivity contribution is 7.90.